The standard InChI is InChI=1S/C19H24N6O/c1-14(26)22-16-8-5-9-17(12-16)23-18-13-21-25-19(24-18)20-11-10-15-6-3-2-4-7-15/h5-6,8-9,12-13H,2-4,7,10-11H2,1H3,(H,22,26)(H2,20,23,24,25). The van der Waals surface area contributed by atoms with Crippen LogP contribution in [0.4, 0.5) is 23.1 Å². The Morgan fingerprint density at radius 1 is 1.23 bits per heavy atom. The van der Waals surface area contributed by atoms with E-state index in [0.29, 0.717) is 11.8 Å². The highest BCUT2D eigenvalue weighted by molar-refractivity contribution is 5.89. The number of rotatable bonds is 7. The number of hydrogen-bond donors (Lipinski definition) is 3. The van der Waals surface area contributed by atoms with Crippen LogP contribution in [0.5, 0.6) is 0 Å². The first-order valence-corrected chi connectivity index (χ1v) is 8.95. The molecule has 0 spiro atoms. The second kappa shape index (κ2) is 8.94. The number of amides is 1. The molecule has 0 radical (unpaired) electrons. The van der Waals surface area contributed by atoms with Crippen molar-refractivity contribution in [2.75, 3.05) is 22.5 Å². The molecule has 1 aliphatic carbocycles. The summed E-state index contributed by atoms with van der Waals surface area (Å²) in [4.78, 5) is 15.6. The molecule has 0 bridgehead atoms. The molecule has 1 aromatic carbocycles. The summed E-state index contributed by atoms with van der Waals surface area (Å²) < 4.78 is 0. The van der Waals surface area contributed by atoms with Crippen LogP contribution in [0.25, 0.3) is 0 Å². The van der Waals surface area contributed by atoms with Crippen molar-refractivity contribution in [3.63, 3.8) is 0 Å². The smallest absolute Gasteiger partial charge is 0.244 e. The summed E-state index contributed by atoms with van der Waals surface area (Å²) in [5, 5.41) is 17.2. The summed E-state index contributed by atoms with van der Waals surface area (Å²) in [6, 6.07) is 7.43. The minimum atomic E-state index is -0.106. The predicted octanol–water partition coefficient (Wildman–Crippen LogP) is 3.88. The molecule has 1 heterocycles. The number of allylic oxidation sites excluding steroid dienone is 1. The lowest BCUT2D eigenvalue weighted by atomic mass is 9.97. The van der Waals surface area contributed by atoms with Crippen LogP contribution >= 0.6 is 0 Å². The topological polar surface area (TPSA) is 91.8 Å². The molecule has 3 rings (SSSR count). The molecular weight excluding hydrogens is 328 g/mol. The van der Waals surface area contributed by atoms with Crippen LogP contribution in [0, 0.1) is 0 Å². The van der Waals surface area contributed by atoms with Gasteiger partial charge in [0.1, 0.15) is 0 Å². The van der Waals surface area contributed by atoms with Crippen LogP contribution in [0.2, 0.25) is 0 Å². The SMILES string of the molecule is CC(=O)Nc1cccc(Nc2cnnc(NCCC3=CCCCC3)n2)c1. The highest BCUT2D eigenvalue weighted by Crippen LogP contribution is 2.21. The number of benzene rings is 1. The van der Waals surface area contributed by atoms with Gasteiger partial charge in [0.2, 0.25) is 11.9 Å². The number of hydrogen-bond acceptors (Lipinski definition) is 6. The van der Waals surface area contributed by atoms with Crippen molar-refractivity contribution in [2.24, 2.45) is 0 Å². The molecule has 26 heavy (non-hydrogen) atoms. The Hall–Kier alpha value is -2.96. The van der Waals surface area contributed by atoms with Gasteiger partial charge >= 0.3 is 0 Å². The van der Waals surface area contributed by atoms with E-state index in [9.17, 15) is 4.79 Å². The number of carbonyl (C=O) groups is 1. The molecule has 136 valence electrons. The average Bonchev–Trinajstić information content (AvgIpc) is 2.63. The molecule has 0 saturated carbocycles. The second-order valence-corrected chi connectivity index (χ2v) is 6.34. The lowest BCUT2D eigenvalue weighted by Crippen LogP contribution is -2.09. The fourth-order valence-corrected chi connectivity index (χ4v) is 2.93. The molecule has 7 heteroatoms. The predicted molar refractivity (Wildman–Crippen MR) is 104 cm³/mol. The summed E-state index contributed by atoms with van der Waals surface area (Å²) >= 11 is 0. The van der Waals surface area contributed by atoms with E-state index in [1.807, 2.05) is 24.3 Å². The monoisotopic (exact) mass is 352 g/mol. The molecule has 0 unspecified atom stereocenters. The fraction of sp³-hybridized carbons (Fsp3) is 0.368. The summed E-state index contributed by atoms with van der Waals surface area (Å²) in [5.74, 6) is 0.995. The third-order valence-electron chi connectivity index (χ3n) is 4.13. The molecule has 1 amide bonds. The van der Waals surface area contributed by atoms with Crippen molar-refractivity contribution in [3.05, 3.63) is 42.1 Å². The third kappa shape index (κ3) is 5.54. The van der Waals surface area contributed by atoms with Crippen LogP contribution in [-0.4, -0.2) is 27.6 Å². The van der Waals surface area contributed by atoms with Gasteiger partial charge in [-0.05, 0) is 50.3 Å². The van der Waals surface area contributed by atoms with Crippen molar-refractivity contribution in [2.45, 2.75) is 39.0 Å². The van der Waals surface area contributed by atoms with Crippen LogP contribution in [0.1, 0.15) is 39.0 Å². The van der Waals surface area contributed by atoms with Crippen molar-refractivity contribution in [1.29, 1.82) is 0 Å². The number of aromatic nitrogens is 3. The average molecular weight is 352 g/mol. The van der Waals surface area contributed by atoms with Gasteiger partial charge in [-0.15, -0.1) is 5.10 Å². The van der Waals surface area contributed by atoms with E-state index in [-0.39, 0.29) is 5.91 Å². The zero-order valence-corrected chi connectivity index (χ0v) is 15.0. The van der Waals surface area contributed by atoms with Crippen molar-refractivity contribution in [1.82, 2.24) is 15.2 Å². The van der Waals surface area contributed by atoms with Gasteiger partial charge in [-0.2, -0.15) is 10.1 Å². The first kappa shape index (κ1) is 17.8. The van der Waals surface area contributed by atoms with Gasteiger partial charge in [0, 0.05) is 24.8 Å². The first-order chi connectivity index (χ1) is 12.7. The van der Waals surface area contributed by atoms with E-state index < -0.39 is 0 Å². The third-order valence-corrected chi connectivity index (χ3v) is 4.13. The maximum atomic E-state index is 11.2. The highest BCUT2D eigenvalue weighted by Gasteiger charge is 2.05. The summed E-state index contributed by atoms with van der Waals surface area (Å²) in [6.45, 7) is 2.28. The van der Waals surface area contributed by atoms with Gasteiger partial charge < -0.3 is 16.0 Å². The summed E-state index contributed by atoms with van der Waals surface area (Å²) in [5.41, 5.74) is 3.06. The molecule has 3 N–H and O–H groups in total. The maximum Gasteiger partial charge on any atom is 0.244 e. The lowest BCUT2D eigenvalue weighted by molar-refractivity contribution is -0.114. The van der Waals surface area contributed by atoms with E-state index in [2.05, 4.69) is 37.2 Å². The van der Waals surface area contributed by atoms with E-state index in [1.54, 1.807) is 6.20 Å². The normalized spacial score (nSPS) is 13.7. The number of carbonyl (C=O) groups excluding carboxylic acids is 1. The fourth-order valence-electron chi connectivity index (χ4n) is 2.93. The van der Waals surface area contributed by atoms with Crippen LogP contribution in [-0.2, 0) is 4.79 Å². The van der Waals surface area contributed by atoms with E-state index in [4.69, 9.17) is 0 Å². The molecule has 7 nitrogen and oxygen atoms in total. The Morgan fingerprint density at radius 3 is 2.92 bits per heavy atom. The van der Waals surface area contributed by atoms with Crippen molar-refractivity contribution < 1.29 is 4.79 Å². The van der Waals surface area contributed by atoms with Crippen molar-refractivity contribution >= 4 is 29.0 Å². The van der Waals surface area contributed by atoms with E-state index in [1.165, 1.54) is 38.2 Å². The Balaban J connectivity index is 1.57. The molecule has 0 atom stereocenters. The molecular formula is C19H24N6O. The lowest BCUT2D eigenvalue weighted by Gasteiger charge is -2.13. The molecule has 0 fully saturated rings. The minimum Gasteiger partial charge on any atom is -0.353 e. The maximum absolute atomic E-state index is 11.2. The largest absolute Gasteiger partial charge is 0.353 e. The number of nitrogens with zero attached hydrogens (tertiary/aromatic N) is 3. The Morgan fingerprint density at radius 2 is 2.12 bits per heavy atom. The summed E-state index contributed by atoms with van der Waals surface area (Å²) in [6.07, 6.45) is 9.93. The Bertz CT molecular complexity index is 789. The van der Waals surface area contributed by atoms with E-state index in [0.717, 1.165) is 24.3 Å². The molecule has 0 saturated heterocycles. The molecule has 2 aromatic rings. The van der Waals surface area contributed by atoms with Gasteiger partial charge in [-0.3, -0.25) is 4.79 Å². The first-order valence-electron chi connectivity index (χ1n) is 8.95. The zero-order valence-electron chi connectivity index (χ0n) is 15.0. The van der Waals surface area contributed by atoms with Gasteiger partial charge in [-0.1, -0.05) is 17.7 Å². The van der Waals surface area contributed by atoms with Crippen LogP contribution in [0.3, 0.4) is 0 Å². The molecule has 1 aliphatic rings. The minimum absolute atomic E-state index is 0.106. The van der Waals surface area contributed by atoms with Gasteiger partial charge in [-0.25, -0.2) is 0 Å². The molecule has 1 aromatic heterocycles. The second-order valence-electron chi connectivity index (χ2n) is 6.34. The van der Waals surface area contributed by atoms with Crippen molar-refractivity contribution in [3.8, 4) is 0 Å². The number of nitrogens with one attached hydrogen (secondary N) is 3. The van der Waals surface area contributed by atoms with Crippen LogP contribution < -0.4 is 16.0 Å². The highest BCUT2D eigenvalue weighted by atomic mass is 16.1. The van der Waals surface area contributed by atoms with Crippen LogP contribution in [0.15, 0.2) is 42.1 Å². The Labute approximate surface area is 153 Å². The van der Waals surface area contributed by atoms with Gasteiger partial charge in [0.05, 0.1) is 6.20 Å². The number of anilines is 4. The quantitative estimate of drug-likeness (QED) is 0.655. The van der Waals surface area contributed by atoms with Gasteiger partial charge in [0.25, 0.3) is 0 Å². The Kier molecular flexibility index (Phi) is 6.14. The zero-order chi connectivity index (χ0) is 18.2. The summed E-state index contributed by atoms with van der Waals surface area (Å²) in [7, 11) is 0. The van der Waals surface area contributed by atoms with Gasteiger partial charge in [0.15, 0.2) is 5.82 Å². The molecule has 0 aliphatic heterocycles. The van der Waals surface area contributed by atoms with E-state index >= 15 is 0 Å².